The molecule has 1 N–H and O–H groups in total. The van der Waals surface area contributed by atoms with Gasteiger partial charge in [0.15, 0.2) is 0 Å². The summed E-state index contributed by atoms with van der Waals surface area (Å²) in [7, 11) is 0. The van der Waals surface area contributed by atoms with Crippen molar-refractivity contribution < 1.29 is 14.4 Å². The average Bonchev–Trinajstić information content (AvgIpc) is 3.34. The molecule has 3 aliphatic heterocycles. The molecule has 6 nitrogen and oxygen atoms in total. The fourth-order valence-electron chi connectivity index (χ4n) is 5.86. The summed E-state index contributed by atoms with van der Waals surface area (Å²) in [5.41, 5.74) is 4.84. The monoisotopic (exact) mass is 497 g/mol. The molecule has 3 heterocycles. The van der Waals surface area contributed by atoms with Gasteiger partial charge in [-0.25, -0.2) is 4.90 Å². The predicted molar refractivity (Wildman–Crippen MR) is 141 cm³/mol. The molecule has 7 heteroatoms. The number of imide groups is 1. The summed E-state index contributed by atoms with van der Waals surface area (Å²) in [6, 6.07) is 19.0. The Morgan fingerprint density at radius 1 is 0.889 bits per heavy atom. The third kappa shape index (κ3) is 3.36. The maximum atomic E-state index is 14.0. The van der Waals surface area contributed by atoms with Gasteiger partial charge in [0.2, 0.25) is 17.7 Å². The van der Waals surface area contributed by atoms with Crippen LogP contribution in [0.15, 0.2) is 72.8 Å². The summed E-state index contributed by atoms with van der Waals surface area (Å²) in [5.74, 6) is -2.41. The first-order valence-electron chi connectivity index (χ1n) is 11.9. The molecule has 3 amide bonds. The highest BCUT2D eigenvalue weighted by atomic mass is 35.5. The zero-order chi connectivity index (χ0) is 25.1. The fraction of sp³-hybridized carbons (Fsp3) is 0.207. The molecular weight excluding hydrogens is 474 g/mol. The number of hydrogen-bond donors (Lipinski definition) is 1. The molecule has 3 aromatic rings. The van der Waals surface area contributed by atoms with Crippen LogP contribution in [0.5, 0.6) is 0 Å². The van der Waals surface area contributed by atoms with E-state index in [2.05, 4.69) is 5.32 Å². The summed E-state index contributed by atoms with van der Waals surface area (Å²) >= 11 is 6.01. The van der Waals surface area contributed by atoms with Crippen molar-refractivity contribution in [3.63, 3.8) is 0 Å². The van der Waals surface area contributed by atoms with Crippen LogP contribution in [0.3, 0.4) is 0 Å². The van der Waals surface area contributed by atoms with Gasteiger partial charge >= 0.3 is 0 Å². The number of hydrogen-bond acceptors (Lipinski definition) is 4. The van der Waals surface area contributed by atoms with Gasteiger partial charge in [0.25, 0.3) is 0 Å². The van der Waals surface area contributed by atoms with Gasteiger partial charge in [0.05, 0.1) is 23.6 Å². The smallest absolute Gasteiger partial charge is 0.247 e. The second-order valence-electron chi connectivity index (χ2n) is 9.61. The summed E-state index contributed by atoms with van der Waals surface area (Å²) < 4.78 is 0. The molecule has 36 heavy (non-hydrogen) atoms. The second kappa shape index (κ2) is 8.35. The van der Waals surface area contributed by atoms with Gasteiger partial charge in [0.1, 0.15) is 6.04 Å². The van der Waals surface area contributed by atoms with Crippen molar-refractivity contribution >= 4 is 52.5 Å². The first-order chi connectivity index (χ1) is 17.3. The molecule has 0 saturated carbocycles. The summed E-state index contributed by atoms with van der Waals surface area (Å²) in [6.45, 7) is 3.86. The minimum Gasteiger partial charge on any atom is -0.351 e. The first-order valence-corrected chi connectivity index (χ1v) is 12.3. The number of halogens is 1. The maximum absolute atomic E-state index is 14.0. The molecule has 180 valence electrons. The molecule has 2 saturated heterocycles. The molecule has 0 aromatic heterocycles. The predicted octanol–water partition coefficient (Wildman–Crippen LogP) is 4.99. The number of nitrogens with one attached hydrogen (secondary N) is 1. The lowest BCUT2D eigenvalue weighted by molar-refractivity contribution is -0.126. The normalized spacial score (nSPS) is 24.0. The van der Waals surface area contributed by atoms with Crippen molar-refractivity contribution in [2.75, 3.05) is 15.1 Å². The van der Waals surface area contributed by atoms with Crippen LogP contribution < -0.4 is 15.1 Å². The first kappa shape index (κ1) is 22.6. The highest BCUT2D eigenvalue weighted by Gasteiger charge is 2.64. The van der Waals surface area contributed by atoms with Crippen molar-refractivity contribution in [1.82, 2.24) is 0 Å². The van der Waals surface area contributed by atoms with E-state index in [1.54, 1.807) is 24.3 Å². The maximum Gasteiger partial charge on any atom is 0.247 e. The van der Waals surface area contributed by atoms with Gasteiger partial charge in [-0.05, 0) is 61.4 Å². The van der Waals surface area contributed by atoms with E-state index in [0.29, 0.717) is 16.4 Å². The zero-order valence-corrected chi connectivity index (χ0v) is 20.6. The number of benzene rings is 3. The molecule has 6 rings (SSSR count). The Bertz CT molecular complexity index is 1450. The Morgan fingerprint density at radius 2 is 1.61 bits per heavy atom. The number of para-hydroxylation sites is 1. The van der Waals surface area contributed by atoms with Crippen LogP contribution in [-0.2, 0) is 14.4 Å². The fourth-order valence-corrected chi connectivity index (χ4v) is 5.98. The molecule has 3 aromatic carbocycles. The van der Waals surface area contributed by atoms with E-state index in [4.69, 9.17) is 11.6 Å². The van der Waals surface area contributed by atoms with Gasteiger partial charge < -0.3 is 10.2 Å². The van der Waals surface area contributed by atoms with Crippen molar-refractivity contribution in [3.8, 4) is 0 Å². The molecule has 4 atom stereocenters. The quantitative estimate of drug-likeness (QED) is 0.518. The lowest BCUT2D eigenvalue weighted by Crippen LogP contribution is -2.50. The van der Waals surface area contributed by atoms with Crippen LogP contribution in [0.4, 0.5) is 17.1 Å². The van der Waals surface area contributed by atoms with Crippen molar-refractivity contribution in [2.45, 2.75) is 25.9 Å². The minimum absolute atomic E-state index is 0.266. The molecule has 3 aliphatic rings. The topological polar surface area (TPSA) is 69.7 Å². The van der Waals surface area contributed by atoms with Crippen LogP contribution in [0.25, 0.3) is 6.08 Å². The molecule has 2 fully saturated rings. The zero-order valence-electron chi connectivity index (χ0n) is 19.8. The summed E-state index contributed by atoms with van der Waals surface area (Å²) in [6.07, 6.45) is 3.93. The third-order valence-electron chi connectivity index (χ3n) is 7.39. The Hall–Kier alpha value is -3.90. The van der Waals surface area contributed by atoms with E-state index in [1.807, 2.05) is 73.4 Å². The highest BCUT2D eigenvalue weighted by Crippen LogP contribution is 2.49. The molecule has 0 spiro atoms. The van der Waals surface area contributed by atoms with Crippen LogP contribution in [-0.4, -0.2) is 29.8 Å². The molecule has 0 radical (unpaired) electrons. The Labute approximate surface area is 214 Å². The second-order valence-corrected chi connectivity index (χ2v) is 10.0. The van der Waals surface area contributed by atoms with E-state index in [9.17, 15) is 14.4 Å². The standard InChI is InChI=1S/C29H24ClN3O3/c1-16-7-13-21(17(2)15-16)33-28(35)24-23-14-8-18-5-3-4-6-22(18)32(23)26(25(24)29(33)36)27(34)31-20-11-9-19(30)10-12-20/h3-15,23-26H,1-2H3,(H,31,34)/t23-,24-,25-,26+/m0/s1. The Balaban J connectivity index is 1.44. The minimum atomic E-state index is -0.853. The van der Waals surface area contributed by atoms with Crippen LogP contribution >= 0.6 is 11.6 Å². The number of anilines is 3. The summed E-state index contributed by atoms with van der Waals surface area (Å²) in [5, 5.41) is 3.51. The average molecular weight is 498 g/mol. The van der Waals surface area contributed by atoms with Gasteiger partial charge in [-0.2, -0.15) is 0 Å². The van der Waals surface area contributed by atoms with E-state index < -0.39 is 23.9 Å². The molecule has 0 aliphatic carbocycles. The van der Waals surface area contributed by atoms with E-state index in [0.717, 1.165) is 22.4 Å². The van der Waals surface area contributed by atoms with Crippen LogP contribution in [0, 0.1) is 25.7 Å². The number of rotatable bonds is 3. The number of nitrogens with zero attached hydrogens (tertiary/aromatic N) is 2. The number of carbonyl (C=O) groups is 3. The summed E-state index contributed by atoms with van der Waals surface area (Å²) in [4.78, 5) is 44.9. The largest absolute Gasteiger partial charge is 0.351 e. The lowest BCUT2D eigenvalue weighted by Gasteiger charge is -2.36. The molecular formula is C29H24ClN3O3. The van der Waals surface area contributed by atoms with Crippen molar-refractivity contribution in [2.24, 2.45) is 11.8 Å². The van der Waals surface area contributed by atoms with Crippen molar-refractivity contribution in [1.29, 1.82) is 0 Å². The number of fused-ring (bicyclic) bond motifs is 5. The van der Waals surface area contributed by atoms with E-state index in [1.165, 1.54) is 4.90 Å². The Kier molecular flexibility index (Phi) is 5.23. The number of amides is 3. The number of carbonyl (C=O) groups excluding carboxylic acids is 3. The number of aryl methyl sites for hydroxylation is 2. The van der Waals surface area contributed by atoms with Crippen molar-refractivity contribution in [3.05, 3.63) is 94.5 Å². The van der Waals surface area contributed by atoms with E-state index >= 15 is 0 Å². The Morgan fingerprint density at radius 3 is 2.36 bits per heavy atom. The van der Waals surface area contributed by atoms with E-state index in [-0.39, 0.29) is 17.7 Å². The van der Waals surface area contributed by atoms with Gasteiger partial charge in [-0.1, -0.05) is 59.6 Å². The molecule has 0 unspecified atom stereocenters. The van der Waals surface area contributed by atoms with Crippen LogP contribution in [0.1, 0.15) is 16.7 Å². The van der Waals surface area contributed by atoms with Gasteiger partial charge in [-0.15, -0.1) is 0 Å². The third-order valence-corrected chi connectivity index (χ3v) is 7.64. The lowest BCUT2D eigenvalue weighted by atomic mass is 9.88. The highest BCUT2D eigenvalue weighted by molar-refractivity contribution is 6.30. The van der Waals surface area contributed by atoms with Crippen LogP contribution in [0.2, 0.25) is 5.02 Å². The molecule has 0 bridgehead atoms. The SMILES string of the molecule is Cc1ccc(N2C(=O)[C@@H]3[C@H](C2=O)[C@H](C(=O)Nc2ccc(Cl)cc2)N2c4ccccc4C=C[C@@H]32)c(C)c1. The van der Waals surface area contributed by atoms with Gasteiger partial charge in [-0.3, -0.25) is 14.4 Å². The van der Waals surface area contributed by atoms with Gasteiger partial charge in [0, 0.05) is 16.4 Å².